The molecule has 0 bridgehead atoms. The molecule has 2 saturated heterocycles. The lowest BCUT2D eigenvalue weighted by Crippen LogP contribution is -2.53. The summed E-state index contributed by atoms with van der Waals surface area (Å²) in [7, 11) is 0. The molecule has 0 radical (unpaired) electrons. The van der Waals surface area contributed by atoms with E-state index >= 15 is 0 Å². The molecule has 2 aliphatic rings. The van der Waals surface area contributed by atoms with E-state index in [1.165, 1.54) is 5.56 Å². The van der Waals surface area contributed by atoms with Gasteiger partial charge in [-0.15, -0.1) is 0 Å². The van der Waals surface area contributed by atoms with E-state index in [2.05, 4.69) is 24.8 Å². The van der Waals surface area contributed by atoms with Crippen LogP contribution in [0.3, 0.4) is 0 Å². The second-order valence-electron chi connectivity index (χ2n) is 8.48. The number of rotatable bonds is 4. The fraction of sp³-hybridized carbons (Fsp3) is 0.682. The van der Waals surface area contributed by atoms with Gasteiger partial charge < -0.3 is 19.5 Å². The highest BCUT2D eigenvalue weighted by molar-refractivity contribution is 5.73. The average Bonchev–Trinajstić information content (AvgIpc) is 2.86. The number of benzene rings is 1. The van der Waals surface area contributed by atoms with E-state index in [4.69, 9.17) is 9.47 Å². The van der Waals surface area contributed by atoms with Crippen LogP contribution in [0.2, 0.25) is 0 Å². The van der Waals surface area contributed by atoms with Crippen LogP contribution >= 0.6 is 0 Å². The summed E-state index contributed by atoms with van der Waals surface area (Å²) in [5.41, 5.74) is 2.41. The third kappa shape index (κ3) is 5.04. The minimum Gasteiger partial charge on any atom is -0.490 e. The summed E-state index contributed by atoms with van der Waals surface area (Å²) >= 11 is 0. The van der Waals surface area contributed by atoms with Crippen molar-refractivity contribution in [3.05, 3.63) is 28.8 Å². The Labute approximate surface area is 168 Å². The predicted molar refractivity (Wildman–Crippen MR) is 109 cm³/mol. The molecule has 0 saturated carbocycles. The summed E-state index contributed by atoms with van der Waals surface area (Å²) in [6.45, 7) is 11.8. The van der Waals surface area contributed by atoms with Gasteiger partial charge in [0.15, 0.2) is 0 Å². The highest BCUT2D eigenvalue weighted by Gasteiger charge is 2.37. The zero-order valence-electron chi connectivity index (χ0n) is 17.7. The SMILES string of the molecule is CC(=O)N1CCC(N2CCOC[C@@](O)(COc3cc(C)cc(C)c3C)C2)CC1. The van der Waals surface area contributed by atoms with Crippen molar-refractivity contribution < 1.29 is 19.4 Å². The number of hydrogen-bond acceptors (Lipinski definition) is 5. The molecule has 6 nitrogen and oxygen atoms in total. The number of β-amino-alcohol motifs (C(OH)–C–C–N with tert-alkyl or cyclic N) is 1. The van der Waals surface area contributed by atoms with Gasteiger partial charge in [-0.05, 0) is 56.4 Å². The molecule has 2 aliphatic heterocycles. The van der Waals surface area contributed by atoms with Crippen molar-refractivity contribution in [3.63, 3.8) is 0 Å². The lowest BCUT2D eigenvalue weighted by molar-refractivity contribution is -0.130. The molecule has 28 heavy (non-hydrogen) atoms. The molecule has 1 amide bonds. The number of aliphatic hydroxyl groups is 1. The molecule has 2 heterocycles. The predicted octanol–water partition coefficient (Wildman–Crippen LogP) is 2.06. The summed E-state index contributed by atoms with van der Waals surface area (Å²) in [5, 5.41) is 11.2. The van der Waals surface area contributed by atoms with Crippen molar-refractivity contribution in [3.8, 4) is 5.75 Å². The van der Waals surface area contributed by atoms with Gasteiger partial charge in [-0.2, -0.15) is 0 Å². The van der Waals surface area contributed by atoms with Crippen LogP contribution in [0.5, 0.6) is 5.75 Å². The van der Waals surface area contributed by atoms with Crippen LogP contribution < -0.4 is 4.74 Å². The van der Waals surface area contributed by atoms with Crippen LogP contribution in [0, 0.1) is 20.8 Å². The normalized spacial score (nSPS) is 24.8. The third-order valence-corrected chi connectivity index (χ3v) is 6.08. The molecule has 1 aromatic carbocycles. The second kappa shape index (κ2) is 8.80. The van der Waals surface area contributed by atoms with Gasteiger partial charge in [-0.1, -0.05) is 6.07 Å². The lowest BCUT2D eigenvalue weighted by Gasteiger charge is -2.40. The van der Waals surface area contributed by atoms with Crippen molar-refractivity contribution in [2.75, 3.05) is 46.0 Å². The quantitative estimate of drug-likeness (QED) is 0.853. The number of carbonyl (C=O) groups excluding carboxylic acids is 1. The first kappa shape index (κ1) is 21.1. The van der Waals surface area contributed by atoms with Gasteiger partial charge >= 0.3 is 0 Å². The summed E-state index contributed by atoms with van der Waals surface area (Å²) in [5.74, 6) is 0.975. The molecule has 0 aliphatic carbocycles. The van der Waals surface area contributed by atoms with E-state index in [1.54, 1.807) is 6.92 Å². The molecule has 156 valence electrons. The highest BCUT2D eigenvalue weighted by Crippen LogP contribution is 2.26. The fourth-order valence-electron chi connectivity index (χ4n) is 4.25. The average molecular weight is 391 g/mol. The van der Waals surface area contributed by atoms with Crippen LogP contribution in [-0.4, -0.2) is 78.5 Å². The van der Waals surface area contributed by atoms with Crippen LogP contribution in [-0.2, 0) is 9.53 Å². The molecular formula is C22H34N2O4. The van der Waals surface area contributed by atoms with E-state index in [1.807, 2.05) is 17.9 Å². The van der Waals surface area contributed by atoms with E-state index in [0.717, 1.165) is 49.4 Å². The Hall–Kier alpha value is -1.63. The Balaban J connectivity index is 1.63. The minimum atomic E-state index is -1.04. The minimum absolute atomic E-state index is 0.145. The largest absolute Gasteiger partial charge is 0.490 e. The monoisotopic (exact) mass is 390 g/mol. The van der Waals surface area contributed by atoms with Crippen LogP contribution in [0.25, 0.3) is 0 Å². The lowest BCUT2D eigenvalue weighted by atomic mass is 9.99. The zero-order chi connectivity index (χ0) is 20.3. The maximum atomic E-state index is 11.6. The number of amides is 1. The van der Waals surface area contributed by atoms with Gasteiger partial charge in [0.25, 0.3) is 0 Å². The molecule has 0 aromatic heterocycles. The molecule has 6 heteroatoms. The van der Waals surface area contributed by atoms with Gasteiger partial charge in [0, 0.05) is 39.1 Å². The van der Waals surface area contributed by atoms with Crippen molar-refractivity contribution in [2.45, 2.75) is 52.2 Å². The molecule has 0 spiro atoms. The van der Waals surface area contributed by atoms with E-state index in [-0.39, 0.29) is 19.1 Å². The van der Waals surface area contributed by atoms with E-state index < -0.39 is 5.60 Å². The van der Waals surface area contributed by atoms with Crippen molar-refractivity contribution in [1.82, 2.24) is 9.80 Å². The number of ether oxygens (including phenoxy) is 2. The molecule has 0 unspecified atom stereocenters. The fourth-order valence-corrected chi connectivity index (χ4v) is 4.25. The Kier molecular flexibility index (Phi) is 6.63. The third-order valence-electron chi connectivity index (χ3n) is 6.08. The molecular weight excluding hydrogens is 356 g/mol. The Morgan fingerprint density at radius 3 is 2.64 bits per heavy atom. The summed E-state index contributed by atoms with van der Waals surface area (Å²) in [6.07, 6.45) is 1.87. The van der Waals surface area contributed by atoms with Crippen molar-refractivity contribution >= 4 is 5.91 Å². The second-order valence-corrected chi connectivity index (χ2v) is 8.48. The maximum Gasteiger partial charge on any atom is 0.219 e. The van der Waals surface area contributed by atoms with Gasteiger partial charge in [-0.3, -0.25) is 9.69 Å². The van der Waals surface area contributed by atoms with Gasteiger partial charge in [-0.25, -0.2) is 0 Å². The first-order valence-electron chi connectivity index (χ1n) is 10.3. The highest BCUT2D eigenvalue weighted by atomic mass is 16.5. The molecule has 3 rings (SSSR count). The number of carbonyl (C=O) groups is 1. The number of nitrogens with zero attached hydrogens (tertiary/aromatic N) is 2. The first-order chi connectivity index (χ1) is 13.3. The Morgan fingerprint density at radius 2 is 1.96 bits per heavy atom. The van der Waals surface area contributed by atoms with Gasteiger partial charge in [0.05, 0.1) is 13.2 Å². The van der Waals surface area contributed by atoms with Crippen LogP contribution in [0.15, 0.2) is 12.1 Å². The standard InChI is InChI=1S/C22H34N2O4/c1-16-11-17(2)18(3)21(12-16)28-15-22(26)13-24(9-10-27-14-22)20-5-7-23(8-6-20)19(4)25/h11-12,20,26H,5-10,13-15H2,1-4H3/t22-/m1/s1. The molecule has 2 fully saturated rings. The van der Waals surface area contributed by atoms with Crippen LogP contribution in [0.4, 0.5) is 0 Å². The van der Waals surface area contributed by atoms with Crippen molar-refractivity contribution in [2.24, 2.45) is 0 Å². The van der Waals surface area contributed by atoms with Gasteiger partial charge in [0.2, 0.25) is 5.91 Å². The summed E-state index contributed by atoms with van der Waals surface area (Å²) in [6, 6.07) is 4.53. The number of likely N-dealkylation sites (tertiary alicyclic amines) is 1. The van der Waals surface area contributed by atoms with E-state index in [0.29, 0.717) is 19.2 Å². The first-order valence-corrected chi connectivity index (χ1v) is 10.3. The summed E-state index contributed by atoms with van der Waals surface area (Å²) in [4.78, 5) is 15.8. The summed E-state index contributed by atoms with van der Waals surface area (Å²) < 4.78 is 11.8. The van der Waals surface area contributed by atoms with Crippen LogP contribution in [0.1, 0.15) is 36.5 Å². The number of aryl methyl sites for hydroxylation is 2. The maximum absolute atomic E-state index is 11.6. The molecule has 1 N–H and O–H groups in total. The number of piperidine rings is 1. The Morgan fingerprint density at radius 1 is 1.25 bits per heavy atom. The number of hydrogen-bond donors (Lipinski definition) is 1. The zero-order valence-corrected chi connectivity index (χ0v) is 17.7. The van der Waals surface area contributed by atoms with Gasteiger partial charge in [0.1, 0.15) is 18.0 Å². The smallest absolute Gasteiger partial charge is 0.219 e. The van der Waals surface area contributed by atoms with E-state index in [9.17, 15) is 9.90 Å². The topological polar surface area (TPSA) is 62.2 Å². The molecule has 1 aromatic rings. The Bertz CT molecular complexity index is 700. The molecule has 1 atom stereocenters. The van der Waals surface area contributed by atoms with Crippen molar-refractivity contribution in [1.29, 1.82) is 0 Å².